The Bertz CT molecular complexity index is 4.00. The lowest BCUT2D eigenvalue weighted by molar-refractivity contribution is 0.0773. The molecule has 2 nitrogen and oxygen atoms in total. The largest absolute Gasteiger partial charge is 0.371 e. The Morgan fingerprint density at radius 3 is 1.25 bits per heavy atom. The molecular weight excluding hydrogens is 56.0 g/mol. The second-order valence-electron chi connectivity index (χ2n) is 0.141. The minimum atomic E-state index is -0.750. The van der Waals surface area contributed by atoms with E-state index in [1.807, 2.05) is 0 Å². The summed E-state index contributed by atoms with van der Waals surface area (Å²) in [6.45, 7) is -0.750. The van der Waals surface area contributed by atoms with E-state index in [0.717, 1.165) is 0 Å². The van der Waals surface area contributed by atoms with Crippen molar-refractivity contribution in [3.05, 3.63) is 0 Å². The lowest BCUT2D eigenvalue weighted by Crippen LogP contribution is -1.66. The Morgan fingerprint density at radius 2 is 1.25 bits per heavy atom. The van der Waals surface area contributed by atoms with Gasteiger partial charge in [0, 0.05) is 0 Å². The summed E-state index contributed by atoms with van der Waals surface area (Å²) in [6.07, 6.45) is 0. The van der Waals surface area contributed by atoms with E-state index in [4.69, 9.17) is 10.2 Å². The van der Waals surface area contributed by atoms with Gasteiger partial charge in [-0.05, 0) is 0 Å². The fraction of sp³-hybridized carbons (Fsp3) is 1.00. The molecule has 0 rings (SSSR count). The fourth-order valence-corrected chi connectivity index (χ4v) is 0. The summed E-state index contributed by atoms with van der Waals surface area (Å²) in [7, 11) is 0. The summed E-state index contributed by atoms with van der Waals surface area (Å²) in [6, 6.07) is 0. The summed E-state index contributed by atoms with van der Waals surface area (Å²) < 4.78 is 0. The minimum Gasteiger partial charge on any atom is -0.371 e. The zero-order valence-electron chi connectivity index (χ0n) is 1.60. The van der Waals surface area contributed by atoms with Crippen LogP contribution in [0.4, 0.5) is 0 Å². The SMILES string of the molecule is C.OCO. The van der Waals surface area contributed by atoms with Gasteiger partial charge < -0.3 is 10.2 Å². The Hall–Kier alpha value is -0.0800. The van der Waals surface area contributed by atoms with Crippen LogP contribution >= 0.6 is 0 Å². The normalized spacial score (nSPS) is 4.50. The van der Waals surface area contributed by atoms with Gasteiger partial charge in [-0.15, -0.1) is 0 Å². The van der Waals surface area contributed by atoms with Crippen molar-refractivity contribution >= 4 is 0 Å². The summed E-state index contributed by atoms with van der Waals surface area (Å²) >= 11 is 0. The van der Waals surface area contributed by atoms with Crippen LogP contribution in [0.25, 0.3) is 0 Å². The Balaban J connectivity index is 0. The average Bonchev–Trinajstić information content (AvgIpc) is 0.918. The minimum absolute atomic E-state index is 0. The molecular formula is C2H8O2. The molecule has 4 heavy (non-hydrogen) atoms. The molecule has 2 N–H and O–H groups in total. The molecule has 0 bridgehead atoms. The van der Waals surface area contributed by atoms with Crippen molar-refractivity contribution in [2.24, 2.45) is 0 Å². The van der Waals surface area contributed by atoms with E-state index in [1.54, 1.807) is 0 Å². The molecule has 28 valence electrons. The zero-order chi connectivity index (χ0) is 2.71. The maximum absolute atomic E-state index is 7.12. The highest BCUT2D eigenvalue weighted by molar-refractivity contribution is 3.50. The standard InChI is InChI=1S/CH4O2.CH4/c2-1-3;/h2-3H,1H2;1H4. The predicted molar refractivity (Wildman–Crippen MR) is 16.0 cm³/mol. The molecule has 0 aliphatic carbocycles. The maximum atomic E-state index is 7.12. The molecule has 0 amide bonds. The van der Waals surface area contributed by atoms with E-state index in [0.29, 0.717) is 0 Å². The smallest absolute Gasteiger partial charge is 0.140 e. The predicted octanol–water partition coefficient (Wildman–Crippen LogP) is -0.435. The summed E-state index contributed by atoms with van der Waals surface area (Å²) in [4.78, 5) is 0. The molecule has 0 saturated heterocycles. The van der Waals surface area contributed by atoms with Crippen molar-refractivity contribution in [1.29, 1.82) is 0 Å². The molecule has 2 heteroatoms. The first-order valence-electron chi connectivity index (χ1n) is 0.632. The van der Waals surface area contributed by atoms with Gasteiger partial charge in [-0.3, -0.25) is 0 Å². The van der Waals surface area contributed by atoms with Gasteiger partial charge in [0.05, 0.1) is 0 Å². The van der Waals surface area contributed by atoms with E-state index < -0.39 is 6.79 Å². The van der Waals surface area contributed by atoms with Crippen LogP contribution in [-0.2, 0) is 0 Å². The van der Waals surface area contributed by atoms with Crippen LogP contribution < -0.4 is 0 Å². The van der Waals surface area contributed by atoms with E-state index in [2.05, 4.69) is 0 Å². The summed E-state index contributed by atoms with van der Waals surface area (Å²) in [5, 5.41) is 14.2. The first kappa shape index (κ1) is 9.07. The Kier molecular flexibility index (Phi) is 28.8. The average molecular weight is 64.1 g/mol. The molecule has 0 unspecified atom stereocenters. The molecule has 0 aromatic rings. The third-order valence-corrected chi connectivity index (χ3v) is 0. The van der Waals surface area contributed by atoms with Gasteiger partial charge in [-0.2, -0.15) is 0 Å². The van der Waals surface area contributed by atoms with Gasteiger partial charge in [0.2, 0.25) is 0 Å². The van der Waals surface area contributed by atoms with E-state index in [9.17, 15) is 0 Å². The van der Waals surface area contributed by atoms with Crippen LogP contribution in [0.15, 0.2) is 0 Å². The summed E-state index contributed by atoms with van der Waals surface area (Å²) in [5.41, 5.74) is 0. The lowest BCUT2D eigenvalue weighted by atomic mass is 11.6. The molecule has 0 aliphatic heterocycles. The first-order valence-corrected chi connectivity index (χ1v) is 0.632. The second kappa shape index (κ2) is 12.7. The Morgan fingerprint density at radius 1 is 1.25 bits per heavy atom. The van der Waals surface area contributed by atoms with Crippen molar-refractivity contribution in [3.63, 3.8) is 0 Å². The number of aliphatic hydroxyl groups is 2. The Labute approximate surface area is 25.7 Å². The van der Waals surface area contributed by atoms with Gasteiger partial charge in [0.15, 0.2) is 0 Å². The van der Waals surface area contributed by atoms with Gasteiger partial charge in [0.25, 0.3) is 0 Å². The molecule has 0 saturated carbocycles. The van der Waals surface area contributed by atoms with Crippen LogP contribution in [0.1, 0.15) is 7.43 Å². The molecule has 0 fully saturated rings. The topological polar surface area (TPSA) is 40.5 Å². The quantitative estimate of drug-likeness (QED) is 0.375. The van der Waals surface area contributed by atoms with Crippen LogP contribution in [0, 0.1) is 0 Å². The van der Waals surface area contributed by atoms with Gasteiger partial charge in [-0.25, -0.2) is 0 Å². The highest BCUT2D eigenvalue weighted by atomic mass is 16.5. The van der Waals surface area contributed by atoms with E-state index >= 15 is 0 Å². The van der Waals surface area contributed by atoms with Crippen molar-refractivity contribution < 1.29 is 10.2 Å². The lowest BCUT2D eigenvalue weighted by Gasteiger charge is -1.55. The highest BCUT2D eigenvalue weighted by Crippen LogP contribution is 1.17. The molecule has 0 heterocycles. The number of hydrogen-bond acceptors (Lipinski definition) is 2. The van der Waals surface area contributed by atoms with Crippen molar-refractivity contribution in [3.8, 4) is 0 Å². The number of hydrogen-bond donors (Lipinski definition) is 2. The number of rotatable bonds is 0. The van der Waals surface area contributed by atoms with Gasteiger partial charge in [-0.1, -0.05) is 7.43 Å². The summed E-state index contributed by atoms with van der Waals surface area (Å²) in [5.74, 6) is 0. The van der Waals surface area contributed by atoms with E-state index in [-0.39, 0.29) is 7.43 Å². The molecule has 0 aromatic heterocycles. The third kappa shape index (κ3) is 254. The van der Waals surface area contributed by atoms with Crippen molar-refractivity contribution in [1.82, 2.24) is 0 Å². The fourth-order valence-electron chi connectivity index (χ4n) is 0. The van der Waals surface area contributed by atoms with Crippen LogP contribution in [0.3, 0.4) is 0 Å². The van der Waals surface area contributed by atoms with E-state index in [1.165, 1.54) is 0 Å². The molecule has 0 aliphatic rings. The second-order valence-corrected chi connectivity index (χ2v) is 0.141. The van der Waals surface area contributed by atoms with Crippen LogP contribution in [0.5, 0.6) is 0 Å². The number of aliphatic hydroxyl groups excluding tert-OH is 1. The molecule has 0 atom stereocenters. The first-order chi connectivity index (χ1) is 1.41. The highest BCUT2D eigenvalue weighted by Gasteiger charge is 1.32. The van der Waals surface area contributed by atoms with Crippen LogP contribution in [0.2, 0.25) is 0 Å². The zero-order valence-corrected chi connectivity index (χ0v) is 1.60. The maximum Gasteiger partial charge on any atom is 0.140 e. The molecule has 0 spiro atoms. The molecule has 0 aromatic carbocycles. The third-order valence-electron chi connectivity index (χ3n) is 0. The molecule has 0 radical (unpaired) electrons. The van der Waals surface area contributed by atoms with Crippen molar-refractivity contribution in [2.75, 3.05) is 6.79 Å². The monoisotopic (exact) mass is 64.1 g/mol. The van der Waals surface area contributed by atoms with Crippen molar-refractivity contribution in [2.45, 2.75) is 7.43 Å². The van der Waals surface area contributed by atoms with Gasteiger partial charge >= 0.3 is 0 Å². The van der Waals surface area contributed by atoms with Crippen LogP contribution in [-0.4, -0.2) is 17.0 Å². The van der Waals surface area contributed by atoms with Gasteiger partial charge in [0.1, 0.15) is 6.79 Å².